The summed E-state index contributed by atoms with van der Waals surface area (Å²) in [5.74, 6) is 1.10. The zero-order valence-corrected chi connectivity index (χ0v) is 12.6. The van der Waals surface area contributed by atoms with Crippen LogP contribution >= 0.6 is 0 Å². The third-order valence-corrected chi connectivity index (χ3v) is 4.60. The Bertz CT molecular complexity index is 670. The van der Waals surface area contributed by atoms with Crippen LogP contribution in [-0.2, 0) is 0 Å². The Morgan fingerprint density at radius 2 is 2.26 bits per heavy atom. The van der Waals surface area contributed by atoms with Gasteiger partial charge in [-0.1, -0.05) is 0 Å². The summed E-state index contributed by atoms with van der Waals surface area (Å²) in [5, 5.41) is 15.2. The van der Waals surface area contributed by atoms with Gasteiger partial charge in [-0.2, -0.15) is 5.10 Å². The Balaban J connectivity index is 1.39. The monoisotopic (exact) mass is 313 g/mol. The molecule has 2 aromatic rings. The van der Waals surface area contributed by atoms with Crippen molar-refractivity contribution < 1.29 is 4.79 Å². The smallest absolute Gasteiger partial charge is 0.272 e. The Morgan fingerprint density at radius 1 is 1.30 bits per heavy atom. The van der Waals surface area contributed by atoms with Crippen LogP contribution in [0.1, 0.15) is 29.8 Å². The first-order valence-electron chi connectivity index (χ1n) is 7.92. The van der Waals surface area contributed by atoms with Gasteiger partial charge < -0.3 is 5.32 Å². The number of hydrogen-bond donors (Lipinski definition) is 3. The number of fused-ring (bicyclic) bond motifs is 1. The molecule has 3 heterocycles. The van der Waals surface area contributed by atoms with Gasteiger partial charge in [0, 0.05) is 31.0 Å². The maximum Gasteiger partial charge on any atom is 0.272 e. The molecule has 0 aromatic carbocycles. The molecule has 3 N–H and O–H groups in total. The number of nitrogens with zero attached hydrogens (tertiary/aromatic N) is 4. The summed E-state index contributed by atoms with van der Waals surface area (Å²) in [5.41, 5.74) is 6.82. The number of carbonyl (C=O) groups excluding carboxylic acids is 1. The summed E-state index contributed by atoms with van der Waals surface area (Å²) < 4.78 is 1.61. The van der Waals surface area contributed by atoms with Crippen LogP contribution in [0.15, 0.2) is 30.6 Å². The first-order valence-corrected chi connectivity index (χ1v) is 7.92. The topological polar surface area (TPSA) is 96.8 Å². The van der Waals surface area contributed by atoms with Crippen molar-refractivity contribution in [3.8, 4) is 5.82 Å². The van der Waals surface area contributed by atoms with E-state index in [2.05, 4.69) is 31.5 Å². The highest BCUT2D eigenvalue weighted by atomic mass is 16.2. The second-order valence-electron chi connectivity index (χ2n) is 6.10. The van der Waals surface area contributed by atoms with Gasteiger partial charge in [0.2, 0.25) is 0 Å². The van der Waals surface area contributed by atoms with Crippen molar-refractivity contribution in [2.45, 2.75) is 31.3 Å². The SMILES string of the molecule is O=C(NC1CCC2CNNC2C1)c1ccc(-n2cccn2)nn1. The highest BCUT2D eigenvalue weighted by Gasteiger charge is 2.34. The molecule has 1 saturated heterocycles. The molecule has 2 aliphatic rings. The Hall–Kier alpha value is -2.32. The minimum absolute atomic E-state index is 0.168. The van der Waals surface area contributed by atoms with Gasteiger partial charge in [0.05, 0.1) is 0 Å². The number of amides is 1. The Morgan fingerprint density at radius 3 is 3.04 bits per heavy atom. The van der Waals surface area contributed by atoms with Crippen molar-refractivity contribution >= 4 is 5.91 Å². The quantitative estimate of drug-likeness (QED) is 0.740. The lowest BCUT2D eigenvalue weighted by atomic mass is 9.83. The predicted octanol–water partition coefficient (Wildman–Crippen LogP) is 0.0372. The molecule has 8 heteroatoms. The molecule has 2 aromatic heterocycles. The minimum Gasteiger partial charge on any atom is -0.348 e. The summed E-state index contributed by atoms with van der Waals surface area (Å²) in [7, 11) is 0. The van der Waals surface area contributed by atoms with Crippen LogP contribution in [0.4, 0.5) is 0 Å². The normalized spacial score (nSPS) is 26.7. The summed E-state index contributed by atoms with van der Waals surface area (Å²) in [6.45, 7) is 1.02. The van der Waals surface area contributed by atoms with E-state index in [-0.39, 0.29) is 11.9 Å². The molecule has 8 nitrogen and oxygen atoms in total. The van der Waals surface area contributed by atoms with Crippen molar-refractivity contribution in [2.24, 2.45) is 5.92 Å². The minimum atomic E-state index is -0.168. The average Bonchev–Trinajstić information content (AvgIpc) is 3.26. The predicted molar refractivity (Wildman–Crippen MR) is 82.7 cm³/mol. The van der Waals surface area contributed by atoms with E-state index in [1.165, 1.54) is 0 Å². The van der Waals surface area contributed by atoms with E-state index >= 15 is 0 Å². The maximum atomic E-state index is 12.3. The van der Waals surface area contributed by atoms with Crippen molar-refractivity contribution in [1.29, 1.82) is 0 Å². The number of hydrazine groups is 1. The third kappa shape index (κ3) is 2.95. The first-order chi connectivity index (χ1) is 11.3. The molecule has 1 saturated carbocycles. The summed E-state index contributed by atoms with van der Waals surface area (Å²) in [6, 6.07) is 5.87. The molecule has 4 rings (SSSR count). The molecule has 2 fully saturated rings. The second kappa shape index (κ2) is 6.05. The molecular weight excluding hydrogens is 294 g/mol. The molecule has 120 valence electrons. The average molecular weight is 313 g/mol. The summed E-state index contributed by atoms with van der Waals surface area (Å²) in [4.78, 5) is 12.3. The van der Waals surface area contributed by atoms with E-state index in [1.54, 1.807) is 29.2 Å². The number of hydrogen-bond acceptors (Lipinski definition) is 6. The molecule has 1 aliphatic carbocycles. The zero-order valence-electron chi connectivity index (χ0n) is 12.6. The molecule has 0 bridgehead atoms. The fourth-order valence-corrected chi connectivity index (χ4v) is 3.34. The van der Waals surface area contributed by atoms with Crippen LogP contribution in [0, 0.1) is 5.92 Å². The lowest BCUT2D eigenvalue weighted by Crippen LogP contribution is -2.45. The van der Waals surface area contributed by atoms with Gasteiger partial charge in [0.1, 0.15) is 0 Å². The van der Waals surface area contributed by atoms with Gasteiger partial charge in [-0.25, -0.2) is 4.68 Å². The van der Waals surface area contributed by atoms with E-state index in [9.17, 15) is 4.79 Å². The second-order valence-corrected chi connectivity index (χ2v) is 6.10. The Labute approximate surface area is 133 Å². The summed E-state index contributed by atoms with van der Waals surface area (Å²) in [6.07, 6.45) is 6.53. The van der Waals surface area contributed by atoms with E-state index in [4.69, 9.17) is 0 Å². The van der Waals surface area contributed by atoms with Gasteiger partial charge >= 0.3 is 0 Å². The van der Waals surface area contributed by atoms with Gasteiger partial charge in [0.25, 0.3) is 5.91 Å². The van der Waals surface area contributed by atoms with Crippen LogP contribution in [0.2, 0.25) is 0 Å². The van der Waals surface area contributed by atoms with Crippen LogP contribution in [0.25, 0.3) is 5.82 Å². The van der Waals surface area contributed by atoms with E-state index in [0.717, 1.165) is 25.8 Å². The van der Waals surface area contributed by atoms with Crippen molar-refractivity contribution in [2.75, 3.05) is 6.54 Å². The number of nitrogens with one attached hydrogen (secondary N) is 3. The maximum absolute atomic E-state index is 12.3. The van der Waals surface area contributed by atoms with Gasteiger partial charge in [-0.05, 0) is 43.4 Å². The van der Waals surface area contributed by atoms with Crippen LogP contribution in [0.5, 0.6) is 0 Å². The van der Waals surface area contributed by atoms with Gasteiger partial charge in [-0.3, -0.25) is 15.6 Å². The fraction of sp³-hybridized carbons (Fsp3) is 0.467. The molecule has 0 spiro atoms. The van der Waals surface area contributed by atoms with Gasteiger partial charge in [-0.15, -0.1) is 10.2 Å². The highest BCUT2D eigenvalue weighted by molar-refractivity contribution is 5.92. The molecule has 0 radical (unpaired) electrons. The van der Waals surface area contributed by atoms with E-state index in [1.807, 2.05) is 6.07 Å². The van der Waals surface area contributed by atoms with Crippen molar-refractivity contribution in [1.82, 2.24) is 36.1 Å². The molecular formula is C15H19N7O. The summed E-state index contributed by atoms with van der Waals surface area (Å²) >= 11 is 0. The highest BCUT2D eigenvalue weighted by Crippen LogP contribution is 2.26. The van der Waals surface area contributed by atoms with Crippen LogP contribution in [0.3, 0.4) is 0 Å². The number of aromatic nitrogens is 4. The standard InChI is InChI=1S/C15H19N7O/c23-15(18-11-3-2-10-9-16-19-13(10)8-11)12-4-5-14(21-20-12)22-7-1-6-17-22/h1,4-7,10-11,13,16,19H,2-3,8-9H2,(H,18,23). The molecule has 3 atom stereocenters. The van der Waals surface area contributed by atoms with Crippen LogP contribution in [-0.4, -0.2) is 44.5 Å². The third-order valence-electron chi connectivity index (χ3n) is 4.60. The van der Waals surface area contributed by atoms with Crippen molar-refractivity contribution in [3.63, 3.8) is 0 Å². The van der Waals surface area contributed by atoms with Crippen molar-refractivity contribution in [3.05, 3.63) is 36.3 Å². The molecule has 1 amide bonds. The fourth-order valence-electron chi connectivity index (χ4n) is 3.34. The molecule has 1 aliphatic heterocycles. The molecule has 3 unspecified atom stereocenters. The largest absolute Gasteiger partial charge is 0.348 e. The van der Waals surface area contributed by atoms with Gasteiger partial charge in [0.15, 0.2) is 11.5 Å². The lowest BCUT2D eigenvalue weighted by Gasteiger charge is -2.31. The number of rotatable bonds is 3. The lowest BCUT2D eigenvalue weighted by molar-refractivity contribution is 0.0913. The molecule has 23 heavy (non-hydrogen) atoms. The Kier molecular flexibility index (Phi) is 3.76. The van der Waals surface area contributed by atoms with E-state index < -0.39 is 0 Å². The zero-order chi connectivity index (χ0) is 15.6. The van der Waals surface area contributed by atoms with Crippen LogP contribution < -0.4 is 16.2 Å². The van der Waals surface area contributed by atoms with E-state index in [0.29, 0.717) is 23.5 Å². The number of carbonyl (C=O) groups is 1. The first kappa shape index (κ1) is 14.3.